The van der Waals surface area contributed by atoms with E-state index in [1.165, 1.54) is 0 Å². The molecule has 1 aliphatic heterocycles. The van der Waals surface area contributed by atoms with Crippen LogP contribution in [0.3, 0.4) is 0 Å². The molecule has 0 N–H and O–H groups in total. The zero-order valence-corrected chi connectivity index (χ0v) is 12.1. The van der Waals surface area contributed by atoms with Gasteiger partial charge in [-0.3, -0.25) is 4.98 Å². The molecule has 0 aliphatic carbocycles. The lowest BCUT2D eigenvalue weighted by atomic mass is 10.2. The smallest absolute Gasteiger partial charge is 0.243 e. The summed E-state index contributed by atoms with van der Waals surface area (Å²) in [7, 11) is -3.41. The summed E-state index contributed by atoms with van der Waals surface area (Å²) < 4.78 is 27.4. The summed E-state index contributed by atoms with van der Waals surface area (Å²) in [5.41, 5.74) is 0. The molecule has 0 atom stereocenters. The Morgan fingerprint density at radius 2 is 1.75 bits per heavy atom. The second-order valence-electron chi connectivity index (χ2n) is 5.17. The average molecular weight is 290 g/mol. The third-order valence-corrected chi connectivity index (χ3v) is 5.78. The van der Waals surface area contributed by atoms with Crippen molar-refractivity contribution < 1.29 is 8.42 Å². The van der Waals surface area contributed by atoms with Crippen LogP contribution >= 0.6 is 0 Å². The van der Waals surface area contributed by atoms with E-state index in [1.807, 2.05) is 6.07 Å². The summed E-state index contributed by atoms with van der Waals surface area (Å²) in [5.74, 6) is 0. The summed E-state index contributed by atoms with van der Waals surface area (Å²) >= 11 is 0. The van der Waals surface area contributed by atoms with Gasteiger partial charge in [0.15, 0.2) is 0 Å². The topological polar surface area (TPSA) is 50.3 Å². The first kappa shape index (κ1) is 13.5. The van der Waals surface area contributed by atoms with Gasteiger partial charge in [0.2, 0.25) is 10.0 Å². The minimum absolute atomic E-state index is 0.402. The number of hydrogen-bond donors (Lipinski definition) is 0. The van der Waals surface area contributed by atoms with Crippen LogP contribution in [0.15, 0.2) is 41.6 Å². The minimum Gasteiger partial charge on any atom is -0.264 e. The molecular weight excluding hydrogens is 272 g/mol. The van der Waals surface area contributed by atoms with Crippen molar-refractivity contribution in [2.24, 2.45) is 0 Å². The number of benzene rings is 1. The van der Waals surface area contributed by atoms with E-state index in [0.29, 0.717) is 18.0 Å². The molecular formula is C15H18N2O2S. The van der Waals surface area contributed by atoms with Crippen LogP contribution in [0, 0.1) is 0 Å². The molecule has 0 amide bonds. The molecule has 1 aromatic heterocycles. The molecule has 0 saturated carbocycles. The summed E-state index contributed by atoms with van der Waals surface area (Å²) in [6.45, 7) is 1.26. The summed E-state index contributed by atoms with van der Waals surface area (Å²) in [5, 5.41) is 1.62. The Morgan fingerprint density at radius 1 is 1.00 bits per heavy atom. The van der Waals surface area contributed by atoms with E-state index < -0.39 is 10.0 Å². The van der Waals surface area contributed by atoms with Crippen LogP contribution in [0.1, 0.15) is 25.7 Å². The number of pyridine rings is 1. The number of aromatic nitrogens is 1. The molecule has 20 heavy (non-hydrogen) atoms. The SMILES string of the molecule is O=S(=O)(c1cccc2cnccc12)N1CCCCCC1. The lowest BCUT2D eigenvalue weighted by Gasteiger charge is -2.20. The van der Waals surface area contributed by atoms with Gasteiger partial charge in [-0.1, -0.05) is 25.0 Å². The fourth-order valence-electron chi connectivity index (χ4n) is 2.74. The van der Waals surface area contributed by atoms with Crippen LogP contribution in [0.5, 0.6) is 0 Å². The van der Waals surface area contributed by atoms with Crippen molar-refractivity contribution in [2.75, 3.05) is 13.1 Å². The van der Waals surface area contributed by atoms with E-state index in [0.717, 1.165) is 36.5 Å². The maximum Gasteiger partial charge on any atom is 0.243 e. The highest BCUT2D eigenvalue weighted by Gasteiger charge is 2.26. The molecule has 5 heteroatoms. The lowest BCUT2D eigenvalue weighted by Crippen LogP contribution is -2.32. The number of rotatable bonds is 2. The monoisotopic (exact) mass is 290 g/mol. The van der Waals surface area contributed by atoms with Gasteiger partial charge in [0.05, 0.1) is 4.90 Å². The molecule has 0 bridgehead atoms. The highest BCUT2D eigenvalue weighted by atomic mass is 32.2. The Kier molecular flexibility index (Phi) is 3.72. The van der Waals surface area contributed by atoms with Gasteiger partial charge in [-0.25, -0.2) is 8.42 Å². The minimum atomic E-state index is -3.41. The Bertz CT molecular complexity index is 699. The Morgan fingerprint density at radius 3 is 2.50 bits per heavy atom. The zero-order chi connectivity index (χ0) is 14.0. The number of hydrogen-bond acceptors (Lipinski definition) is 3. The molecule has 1 saturated heterocycles. The molecule has 1 aliphatic rings. The second kappa shape index (κ2) is 5.50. The van der Waals surface area contributed by atoms with E-state index in [2.05, 4.69) is 4.98 Å². The van der Waals surface area contributed by atoms with Gasteiger partial charge in [0.25, 0.3) is 0 Å². The fourth-order valence-corrected chi connectivity index (χ4v) is 4.47. The number of nitrogens with zero attached hydrogens (tertiary/aromatic N) is 2. The van der Waals surface area contributed by atoms with Crippen molar-refractivity contribution >= 4 is 20.8 Å². The van der Waals surface area contributed by atoms with Crippen LogP contribution in [0.25, 0.3) is 10.8 Å². The van der Waals surface area contributed by atoms with E-state index in [-0.39, 0.29) is 0 Å². The summed E-state index contributed by atoms with van der Waals surface area (Å²) in [4.78, 5) is 4.46. The Balaban J connectivity index is 2.09. The van der Waals surface area contributed by atoms with E-state index in [4.69, 9.17) is 0 Å². The quantitative estimate of drug-likeness (QED) is 0.854. The van der Waals surface area contributed by atoms with Crippen molar-refractivity contribution in [1.82, 2.24) is 9.29 Å². The fraction of sp³-hybridized carbons (Fsp3) is 0.400. The number of sulfonamides is 1. The van der Waals surface area contributed by atoms with Gasteiger partial charge < -0.3 is 0 Å². The summed E-state index contributed by atoms with van der Waals surface area (Å²) in [6.07, 6.45) is 7.48. The van der Waals surface area contributed by atoms with Crippen molar-refractivity contribution in [3.63, 3.8) is 0 Å². The van der Waals surface area contributed by atoms with Crippen molar-refractivity contribution in [3.05, 3.63) is 36.7 Å². The van der Waals surface area contributed by atoms with Crippen LogP contribution in [-0.2, 0) is 10.0 Å². The largest absolute Gasteiger partial charge is 0.264 e. The third kappa shape index (κ3) is 2.43. The molecule has 106 valence electrons. The molecule has 4 nitrogen and oxygen atoms in total. The first-order valence-corrected chi connectivity index (χ1v) is 8.46. The van der Waals surface area contributed by atoms with Gasteiger partial charge in [-0.2, -0.15) is 4.31 Å². The van der Waals surface area contributed by atoms with Crippen molar-refractivity contribution in [2.45, 2.75) is 30.6 Å². The van der Waals surface area contributed by atoms with Gasteiger partial charge in [0, 0.05) is 36.3 Å². The Hall–Kier alpha value is -1.46. The highest BCUT2D eigenvalue weighted by molar-refractivity contribution is 7.89. The third-order valence-electron chi connectivity index (χ3n) is 3.82. The van der Waals surface area contributed by atoms with Gasteiger partial charge in [0.1, 0.15) is 0 Å². The first-order chi connectivity index (χ1) is 9.69. The molecule has 1 fully saturated rings. The van der Waals surface area contributed by atoms with Crippen molar-refractivity contribution in [3.8, 4) is 0 Å². The first-order valence-electron chi connectivity index (χ1n) is 7.02. The molecule has 2 heterocycles. The lowest BCUT2D eigenvalue weighted by molar-refractivity contribution is 0.424. The van der Waals surface area contributed by atoms with Gasteiger partial charge in [-0.05, 0) is 25.0 Å². The zero-order valence-electron chi connectivity index (χ0n) is 11.3. The second-order valence-corrected chi connectivity index (χ2v) is 7.08. The molecule has 0 spiro atoms. The Labute approximate surface area is 119 Å². The van der Waals surface area contributed by atoms with Crippen LogP contribution in [0.4, 0.5) is 0 Å². The molecule has 0 radical (unpaired) electrons. The number of fused-ring (bicyclic) bond motifs is 1. The summed E-state index contributed by atoms with van der Waals surface area (Å²) in [6, 6.07) is 7.15. The predicted octanol–water partition coefficient (Wildman–Crippen LogP) is 2.80. The van der Waals surface area contributed by atoms with E-state index >= 15 is 0 Å². The van der Waals surface area contributed by atoms with E-state index in [1.54, 1.807) is 34.9 Å². The normalized spacial score (nSPS) is 18.0. The average Bonchev–Trinajstić information content (AvgIpc) is 2.76. The van der Waals surface area contributed by atoms with Crippen LogP contribution in [-0.4, -0.2) is 30.8 Å². The van der Waals surface area contributed by atoms with Crippen LogP contribution in [0.2, 0.25) is 0 Å². The van der Waals surface area contributed by atoms with Gasteiger partial charge in [-0.15, -0.1) is 0 Å². The molecule has 3 rings (SSSR count). The molecule has 2 aromatic rings. The predicted molar refractivity (Wildman–Crippen MR) is 79.0 cm³/mol. The molecule has 0 unspecified atom stereocenters. The standard InChI is InChI=1S/C15H18N2O2S/c18-20(19,17-10-3-1-2-4-11-17)15-7-5-6-13-12-16-9-8-14(13)15/h5-9,12H,1-4,10-11H2. The maximum atomic E-state index is 12.9. The van der Waals surface area contributed by atoms with Gasteiger partial charge >= 0.3 is 0 Å². The molecule has 1 aromatic carbocycles. The van der Waals surface area contributed by atoms with Crippen LogP contribution < -0.4 is 0 Å². The van der Waals surface area contributed by atoms with E-state index in [9.17, 15) is 8.42 Å². The highest BCUT2D eigenvalue weighted by Crippen LogP contribution is 2.26. The van der Waals surface area contributed by atoms with Crippen molar-refractivity contribution in [1.29, 1.82) is 0 Å². The maximum absolute atomic E-state index is 12.9.